The molecule has 0 N–H and O–H groups in total. The smallest absolute Gasteiger partial charge is 0.334 e. The van der Waals surface area contributed by atoms with E-state index in [1.165, 1.54) is 11.1 Å². The van der Waals surface area contributed by atoms with E-state index in [9.17, 15) is 18.0 Å². The summed E-state index contributed by atoms with van der Waals surface area (Å²) in [6.45, 7) is 1.08. The molecule has 0 saturated carbocycles. The molecule has 0 aromatic carbocycles. The van der Waals surface area contributed by atoms with Gasteiger partial charge in [0.25, 0.3) is 5.91 Å². The normalized spacial score (nSPS) is 14.7. The molecule has 0 bridgehead atoms. The van der Waals surface area contributed by atoms with Crippen LogP contribution in [0.25, 0.3) is 11.4 Å². The predicted molar refractivity (Wildman–Crippen MR) is 91.3 cm³/mol. The van der Waals surface area contributed by atoms with E-state index in [1.807, 2.05) is 0 Å². The molecule has 1 aliphatic rings. The minimum absolute atomic E-state index is 0.0115. The van der Waals surface area contributed by atoms with E-state index >= 15 is 0 Å². The van der Waals surface area contributed by atoms with Gasteiger partial charge in [0, 0.05) is 32.3 Å². The number of nitrogens with zero attached hydrogens (tertiary/aromatic N) is 4. The van der Waals surface area contributed by atoms with Crippen LogP contribution in [0.1, 0.15) is 29.9 Å². The maximum absolute atomic E-state index is 12.6. The lowest BCUT2D eigenvalue weighted by molar-refractivity contribution is -0.135. The van der Waals surface area contributed by atoms with Gasteiger partial charge >= 0.3 is 6.18 Å². The summed E-state index contributed by atoms with van der Waals surface area (Å²) < 4.78 is 38.3. The van der Waals surface area contributed by atoms with Gasteiger partial charge in [-0.05, 0) is 25.0 Å². The first-order valence-corrected chi connectivity index (χ1v) is 8.76. The molecule has 1 aliphatic heterocycles. The van der Waals surface area contributed by atoms with Gasteiger partial charge in [-0.1, -0.05) is 23.2 Å². The number of pyridine rings is 1. The molecule has 3 rings (SSSR count). The molecule has 0 radical (unpaired) electrons. The van der Waals surface area contributed by atoms with E-state index in [0.29, 0.717) is 29.5 Å². The summed E-state index contributed by atoms with van der Waals surface area (Å²) in [5.41, 5.74) is 1.08. The molecule has 140 valence electrons. The van der Waals surface area contributed by atoms with E-state index in [4.69, 9.17) is 23.2 Å². The van der Waals surface area contributed by atoms with Crippen molar-refractivity contribution < 1.29 is 18.0 Å². The van der Waals surface area contributed by atoms with Crippen molar-refractivity contribution in [2.75, 3.05) is 13.1 Å². The lowest BCUT2D eigenvalue weighted by atomic mass is 10.2. The molecule has 2 aromatic rings. The molecular formula is C16H15Cl2F3N4O. The first-order chi connectivity index (χ1) is 12.3. The Morgan fingerprint density at radius 3 is 2.58 bits per heavy atom. The van der Waals surface area contributed by atoms with Gasteiger partial charge < -0.3 is 9.47 Å². The van der Waals surface area contributed by atoms with Crippen molar-refractivity contribution >= 4 is 29.1 Å². The SMILES string of the molecule is O=C1c2nc(Cl)c(-c3ccc(Cl)cn3)n2CCN1CCCCC(F)(F)F. The van der Waals surface area contributed by atoms with Crippen LogP contribution < -0.4 is 0 Å². The number of hydrogen-bond donors (Lipinski definition) is 0. The Labute approximate surface area is 157 Å². The summed E-state index contributed by atoms with van der Waals surface area (Å²) in [6.07, 6.45) is -3.27. The van der Waals surface area contributed by atoms with Gasteiger partial charge in [0.15, 0.2) is 5.15 Å². The number of carbonyl (C=O) groups excluding carboxylic acids is 1. The average molecular weight is 407 g/mol. The van der Waals surface area contributed by atoms with Crippen LogP contribution in [0.15, 0.2) is 18.3 Å². The number of alkyl halides is 3. The second-order valence-electron chi connectivity index (χ2n) is 5.95. The van der Waals surface area contributed by atoms with E-state index in [2.05, 4.69) is 9.97 Å². The number of unbranched alkanes of at least 4 members (excludes halogenated alkanes) is 1. The zero-order valence-electron chi connectivity index (χ0n) is 13.6. The first-order valence-electron chi connectivity index (χ1n) is 8.00. The Hall–Kier alpha value is -1.80. The van der Waals surface area contributed by atoms with E-state index in [0.717, 1.165) is 0 Å². The van der Waals surface area contributed by atoms with Gasteiger partial charge in [0.1, 0.15) is 5.69 Å². The topological polar surface area (TPSA) is 51.0 Å². The van der Waals surface area contributed by atoms with Crippen LogP contribution in [0.2, 0.25) is 10.2 Å². The molecule has 10 heteroatoms. The van der Waals surface area contributed by atoms with Gasteiger partial charge in [-0.25, -0.2) is 4.98 Å². The second-order valence-corrected chi connectivity index (χ2v) is 6.75. The molecule has 3 heterocycles. The second kappa shape index (κ2) is 7.44. The van der Waals surface area contributed by atoms with E-state index in [1.54, 1.807) is 16.7 Å². The van der Waals surface area contributed by atoms with Crippen LogP contribution in [0.3, 0.4) is 0 Å². The third-order valence-corrected chi connectivity index (χ3v) is 4.59. The van der Waals surface area contributed by atoms with E-state index < -0.39 is 12.6 Å². The van der Waals surface area contributed by atoms with Crippen molar-refractivity contribution in [2.45, 2.75) is 32.0 Å². The number of carbonyl (C=O) groups is 1. The van der Waals surface area contributed by atoms with Crippen LogP contribution in [0, 0.1) is 0 Å². The monoisotopic (exact) mass is 406 g/mol. The standard InChI is InChI=1S/C16H15Cl2F3N4O/c17-10-3-4-11(22-9-10)12-13(18)23-14-15(26)24(7-8-25(12)14)6-2-1-5-16(19,20)21/h3-4,9H,1-2,5-8H2. The molecule has 0 aliphatic carbocycles. The number of rotatable bonds is 5. The van der Waals surface area contributed by atoms with Gasteiger partial charge in [-0.3, -0.25) is 9.78 Å². The minimum atomic E-state index is -4.17. The molecule has 0 unspecified atom stereocenters. The minimum Gasteiger partial charge on any atom is -0.334 e. The number of aromatic nitrogens is 3. The Bertz CT molecular complexity index is 805. The van der Waals surface area contributed by atoms with Crippen LogP contribution >= 0.6 is 23.2 Å². The highest BCUT2D eigenvalue weighted by Gasteiger charge is 2.31. The third kappa shape index (κ3) is 4.12. The molecule has 0 fully saturated rings. The quantitative estimate of drug-likeness (QED) is 0.689. The summed E-state index contributed by atoms with van der Waals surface area (Å²) in [4.78, 5) is 22.4. The molecule has 0 atom stereocenters. The van der Waals surface area contributed by atoms with Gasteiger partial charge in [0.05, 0.1) is 10.7 Å². The summed E-state index contributed by atoms with van der Waals surface area (Å²) in [5.74, 6) is -0.172. The number of amides is 1. The highest BCUT2D eigenvalue weighted by molar-refractivity contribution is 6.32. The zero-order valence-corrected chi connectivity index (χ0v) is 15.1. The Morgan fingerprint density at radius 2 is 1.92 bits per heavy atom. The fourth-order valence-electron chi connectivity index (χ4n) is 2.87. The van der Waals surface area contributed by atoms with Gasteiger partial charge in [-0.2, -0.15) is 13.2 Å². The number of hydrogen-bond acceptors (Lipinski definition) is 3. The molecule has 2 aromatic heterocycles. The first kappa shape index (κ1) is 19.0. The fraction of sp³-hybridized carbons (Fsp3) is 0.438. The maximum atomic E-state index is 12.6. The lowest BCUT2D eigenvalue weighted by Gasteiger charge is -2.28. The summed E-state index contributed by atoms with van der Waals surface area (Å²) in [5, 5.41) is 0.631. The summed E-state index contributed by atoms with van der Waals surface area (Å²) >= 11 is 12.0. The van der Waals surface area contributed by atoms with Crippen molar-refractivity contribution in [1.29, 1.82) is 0 Å². The lowest BCUT2D eigenvalue weighted by Crippen LogP contribution is -2.41. The molecule has 0 spiro atoms. The van der Waals surface area contributed by atoms with Crippen molar-refractivity contribution in [3.8, 4) is 11.4 Å². The Kier molecular flexibility index (Phi) is 5.43. The van der Waals surface area contributed by atoms with Gasteiger partial charge in [-0.15, -0.1) is 0 Å². The largest absolute Gasteiger partial charge is 0.389 e. The maximum Gasteiger partial charge on any atom is 0.389 e. The Morgan fingerprint density at radius 1 is 1.15 bits per heavy atom. The number of halogens is 5. The number of imidazole rings is 1. The third-order valence-electron chi connectivity index (χ3n) is 4.11. The van der Waals surface area contributed by atoms with Crippen LogP contribution in [-0.4, -0.2) is 44.6 Å². The highest BCUT2D eigenvalue weighted by atomic mass is 35.5. The van der Waals surface area contributed by atoms with Crippen LogP contribution in [0.5, 0.6) is 0 Å². The zero-order chi connectivity index (χ0) is 18.9. The molecule has 26 heavy (non-hydrogen) atoms. The summed E-state index contributed by atoms with van der Waals surface area (Å²) in [7, 11) is 0. The van der Waals surface area contributed by atoms with Crippen molar-refractivity contribution in [3.05, 3.63) is 34.3 Å². The molecule has 0 saturated heterocycles. The predicted octanol–water partition coefficient (Wildman–Crippen LogP) is 4.44. The van der Waals surface area contributed by atoms with Gasteiger partial charge in [0.2, 0.25) is 5.82 Å². The fourth-order valence-corrected chi connectivity index (χ4v) is 3.26. The van der Waals surface area contributed by atoms with Crippen LogP contribution in [-0.2, 0) is 6.54 Å². The van der Waals surface area contributed by atoms with Crippen molar-refractivity contribution in [1.82, 2.24) is 19.4 Å². The number of fused-ring (bicyclic) bond motifs is 1. The molecule has 5 nitrogen and oxygen atoms in total. The summed E-state index contributed by atoms with van der Waals surface area (Å²) in [6, 6.07) is 3.35. The van der Waals surface area contributed by atoms with Crippen molar-refractivity contribution in [3.63, 3.8) is 0 Å². The molecular weight excluding hydrogens is 392 g/mol. The Balaban J connectivity index is 1.73. The molecule has 1 amide bonds. The van der Waals surface area contributed by atoms with Crippen LogP contribution in [0.4, 0.5) is 13.2 Å². The average Bonchev–Trinajstić information content (AvgIpc) is 2.90. The highest BCUT2D eigenvalue weighted by Crippen LogP contribution is 2.30. The van der Waals surface area contributed by atoms with E-state index in [-0.39, 0.29) is 36.3 Å². The van der Waals surface area contributed by atoms with Crippen molar-refractivity contribution in [2.24, 2.45) is 0 Å².